The molecule has 0 atom stereocenters. The Kier molecular flexibility index (Phi) is 6.12. The zero-order valence-corrected chi connectivity index (χ0v) is 16.8. The first-order valence-corrected chi connectivity index (χ1v) is 10.6. The zero-order valence-electron chi connectivity index (χ0n) is 15.2. The van der Waals surface area contributed by atoms with E-state index in [2.05, 4.69) is 10.0 Å². The van der Waals surface area contributed by atoms with Crippen LogP contribution >= 0.6 is 12.4 Å². The van der Waals surface area contributed by atoms with Crippen LogP contribution in [0.2, 0.25) is 0 Å². The van der Waals surface area contributed by atoms with Crippen molar-refractivity contribution < 1.29 is 17.9 Å². The van der Waals surface area contributed by atoms with Crippen LogP contribution in [0.25, 0.3) is 0 Å². The van der Waals surface area contributed by atoms with Gasteiger partial charge in [-0.15, -0.1) is 12.4 Å². The smallest absolute Gasteiger partial charge is 0.241 e. The number of nitrogens with zero attached hydrogens (tertiary/aromatic N) is 1. The van der Waals surface area contributed by atoms with E-state index in [0.29, 0.717) is 31.7 Å². The molecule has 0 saturated carbocycles. The molecule has 4 rings (SSSR count). The number of rotatable bonds is 4. The predicted molar refractivity (Wildman–Crippen MR) is 103 cm³/mol. The molecule has 2 fully saturated rings. The zero-order chi connectivity index (χ0) is 18.2. The fourth-order valence-electron chi connectivity index (χ4n) is 4.12. The van der Waals surface area contributed by atoms with Gasteiger partial charge in [-0.05, 0) is 54.5 Å². The van der Waals surface area contributed by atoms with Crippen LogP contribution in [0.1, 0.15) is 30.4 Å². The average Bonchev–Trinajstić information content (AvgIpc) is 3.29. The van der Waals surface area contributed by atoms with Gasteiger partial charge in [0, 0.05) is 19.6 Å². The second-order valence-corrected chi connectivity index (χ2v) is 9.32. The number of hydrogen-bond acceptors (Lipinski definition) is 5. The second kappa shape index (κ2) is 8.05. The molecule has 1 aromatic rings. The van der Waals surface area contributed by atoms with Crippen molar-refractivity contribution in [2.75, 3.05) is 32.7 Å². The van der Waals surface area contributed by atoms with Gasteiger partial charge in [0.2, 0.25) is 15.9 Å². The van der Waals surface area contributed by atoms with Gasteiger partial charge in [0.15, 0.2) is 0 Å². The van der Waals surface area contributed by atoms with E-state index in [1.54, 1.807) is 23.1 Å². The highest BCUT2D eigenvalue weighted by atomic mass is 35.5. The summed E-state index contributed by atoms with van der Waals surface area (Å²) in [6, 6.07) is 4.98. The van der Waals surface area contributed by atoms with E-state index in [0.717, 1.165) is 37.1 Å². The maximum Gasteiger partial charge on any atom is 0.241 e. The summed E-state index contributed by atoms with van der Waals surface area (Å²) in [4.78, 5) is 14.4. The minimum atomic E-state index is -3.70. The van der Waals surface area contributed by atoms with Crippen LogP contribution in [0.4, 0.5) is 0 Å². The Balaban J connectivity index is 0.00000210. The summed E-state index contributed by atoms with van der Waals surface area (Å²) >= 11 is 0. The van der Waals surface area contributed by atoms with Crippen LogP contribution in [0, 0.1) is 5.41 Å². The van der Waals surface area contributed by atoms with Gasteiger partial charge >= 0.3 is 0 Å². The van der Waals surface area contributed by atoms with Crippen molar-refractivity contribution >= 4 is 28.3 Å². The summed E-state index contributed by atoms with van der Waals surface area (Å²) in [6.45, 7) is 4.26. The SMILES string of the molecule is Cl.O=C(CNS(=O)(=O)c1ccc2c(c1)COC2)N1CCC2(CCNC2)CC1. The van der Waals surface area contributed by atoms with Crippen molar-refractivity contribution in [2.24, 2.45) is 5.41 Å². The van der Waals surface area contributed by atoms with Crippen molar-refractivity contribution in [2.45, 2.75) is 37.4 Å². The molecule has 0 unspecified atom stereocenters. The van der Waals surface area contributed by atoms with Crippen molar-refractivity contribution in [3.63, 3.8) is 0 Å². The summed E-state index contributed by atoms with van der Waals surface area (Å²) in [5, 5.41) is 3.40. The number of benzene rings is 1. The van der Waals surface area contributed by atoms with Gasteiger partial charge in [-0.2, -0.15) is 0 Å². The quantitative estimate of drug-likeness (QED) is 0.766. The molecule has 9 heteroatoms. The first-order valence-electron chi connectivity index (χ1n) is 9.15. The highest BCUT2D eigenvalue weighted by Crippen LogP contribution is 2.36. The lowest BCUT2D eigenvalue weighted by atomic mass is 9.78. The third kappa shape index (κ3) is 4.30. The summed E-state index contributed by atoms with van der Waals surface area (Å²) in [6.07, 6.45) is 3.15. The van der Waals surface area contributed by atoms with Gasteiger partial charge in [-0.3, -0.25) is 4.79 Å². The van der Waals surface area contributed by atoms with Gasteiger partial charge in [-0.25, -0.2) is 13.1 Å². The Morgan fingerprint density at radius 3 is 2.63 bits per heavy atom. The number of carbonyl (C=O) groups is 1. The number of sulfonamides is 1. The Labute approximate surface area is 166 Å². The van der Waals surface area contributed by atoms with Crippen molar-refractivity contribution in [3.8, 4) is 0 Å². The van der Waals surface area contributed by atoms with Crippen LogP contribution in [-0.4, -0.2) is 51.9 Å². The standard InChI is InChI=1S/C18H25N3O4S.ClH/c22-17(21-7-4-18(5-8-21)3-6-19-13-18)10-20-26(23,24)16-2-1-14-11-25-12-15(14)9-16;/h1-2,9,19-20H,3-8,10-13H2;1H. The molecular formula is C18H26ClN3O4S. The molecule has 3 heterocycles. The molecule has 0 aromatic heterocycles. The lowest BCUT2D eigenvalue weighted by Crippen LogP contribution is -2.47. The van der Waals surface area contributed by atoms with Crippen LogP contribution in [-0.2, 0) is 32.8 Å². The summed E-state index contributed by atoms with van der Waals surface area (Å²) < 4.78 is 32.8. The Bertz CT molecular complexity index is 799. The number of carbonyl (C=O) groups excluding carboxylic acids is 1. The molecule has 1 aromatic carbocycles. The number of halogens is 1. The lowest BCUT2D eigenvalue weighted by molar-refractivity contribution is -0.132. The van der Waals surface area contributed by atoms with Gasteiger partial charge in [0.1, 0.15) is 0 Å². The molecule has 0 bridgehead atoms. The largest absolute Gasteiger partial charge is 0.372 e. The van der Waals surface area contributed by atoms with Gasteiger partial charge in [-0.1, -0.05) is 6.07 Å². The van der Waals surface area contributed by atoms with Crippen LogP contribution in [0.3, 0.4) is 0 Å². The predicted octanol–water partition coefficient (Wildman–Crippen LogP) is 1.02. The molecule has 2 N–H and O–H groups in total. The first kappa shape index (κ1) is 20.5. The Morgan fingerprint density at radius 1 is 1.19 bits per heavy atom. The van der Waals surface area contributed by atoms with Gasteiger partial charge < -0.3 is 15.0 Å². The topological polar surface area (TPSA) is 87.7 Å². The number of ether oxygens (including phenoxy) is 1. The van der Waals surface area contributed by atoms with Gasteiger partial charge in [0.25, 0.3) is 0 Å². The van der Waals surface area contributed by atoms with E-state index in [4.69, 9.17) is 4.74 Å². The number of piperidine rings is 1. The van der Waals surface area contributed by atoms with Crippen molar-refractivity contribution in [3.05, 3.63) is 29.3 Å². The normalized spacial score (nSPS) is 21.1. The number of nitrogens with one attached hydrogen (secondary N) is 2. The van der Waals surface area contributed by atoms with E-state index in [-0.39, 0.29) is 29.8 Å². The van der Waals surface area contributed by atoms with Crippen LogP contribution in [0.15, 0.2) is 23.1 Å². The third-order valence-corrected chi connectivity index (χ3v) is 7.32. The highest BCUT2D eigenvalue weighted by Gasteiger charge is 2.38. The van der Waals surface area contributed by atoms with Crippen LogP contribution < -0.4 is 10.0 Å². The summed E-state index contributed by atoms with van der Waals surface area (Å²) in [5.41, 5.74) is 2.25. The average molecular weight is 416 g/mol. The number of fused-ring (bicyclic) bond motifs is 1. The lowest BCUT2D eigenvalue weighted by Gasteiger charge is -2.38. The van der Waals surface area contributed by atoms with Crippen molar-refractivity contribution in [1.82, 2.24) is 14.9 Å². The molecule has 3 aliphatic heterocycles. The molecule has 2 saturated heterocycles. The fourth-order valence-corrected chi connectivity index (χ4v) is 5.14. The Hall–Kier alpha value is -1.19. The summed E-state index contributed by atoms with van der Waals surface area (Å²) in [5.74, 6) is -0.154. The number of amides is 1. The molecule has 0 aliphatic carbocycles. The molecule has 0 radical (unpaired) electrons. The Morgan fingerprint density at radius 2 is 1.93 bits per heavy atom. The van der Waals surface area contributed by atoms with E-state index in [1.807, 2.05) is 0 Å². The molecule has 1 amide bonds. The maximum atomic E-state index is 12.5. The highest BCUT2D eigenvalue weighted by molar-refractivity contribution is 7.89. The molecule has 1 spiro atoms. The minimum absolute atomic E-state index is 0. The molecule has 7 nitrogen and oxygen atoms in total. The van der Waals surface area contributed by atoms with E-state index >= 15 is 0 Å². The van der Waals surface area contributed by atoms with E-state index in [1.165, 1.54) is 6.42 Å². The maximum absolute atomic E-state index is 12.5. The molecular weight excluding hydrogens is 390 g/mol. The number of likely N-dealkylation sites (tertiary alicyclic amines) is 1. The molecule has 3 aliphatic rings. The van der Waals surface area contributed by atoms with Crippen molar-refractivity contribution in [1.29, 1.82) is 0 Å². The number of hydrogen-bond donors (Lipinski definition) is 2. The van der Waals surface area contributed by atoms with E-state index < -0.39 is 10.0 Å². The summed E-state index contributed by atoms with van der Waals surface area (Å²) in [7, 11) is -3.70. The van der Waals surface area contributed by atoms with Gasteiger partial charge in [0.05, 0.1) is 24.7 Å². The van der Waals surface area contributed by atoms with Crippen LogP contribution in [0.5, 0.6) is 0 Å². The fraction of sp³-hybridized carbons (Fsp3) is 0.611. The van der Waals surface area contributed by atoms with E-state index in [9.17, 15) is 13.2 Å². The minimum Gasteiger partial charge on any atom is -0.372 e. The first-order chi connectivity index (χ1) is 12.5. The molecule has 27 heavy (non-hydrogen) atoms. The third-order valence-electron chi connectivity index (χ3n) is 5.93. The second-order valence-electron chi connectivity index (χ2n) is 7.56. The monoisotopic (exact) mass is 415 g/mol. The molecule has 150 valence electrons.